The number of benzene rings is 1. The minimum Gasteiger partial charge on any atom is -0.481 e. The SMILES string of the molecule is O=C(O)CCCC(=O)Nc1ccc(Cl)c2cccnc12. The molecular weight excluding hydrogens is 280 g/mol. The van der Waals surface area contributed by atoms with Crippen LogP contribution >= 0.6 is 11.6 Å². The molecule has 1 heterocycles. The predicted octanol–water partition coefficient (Wildman–Crippen LogP) is 3.08. The van der Waals surface area contributed by atoms with Gasteiger partial charge in [0.1, 0.15) is 0 Å². The Morgan fingerprint density at radius 3 is 2.80 bits per heavy atom. The second kappa shape index (κ2) is 6.34. The van der Waals surface area contributed by atoms with Gasteiger partial charge in [0.15, 0.2) is 0 Å². The number of aromatic nitrogens is 1. The first kappa shape index (κ1) is 14.3. The van der Waals surface area contributed by atoms with Gasteiger partial charge in [-0.2, -0.15) is 0 Å². The first-order chi connectivity index (χ1) is 9.58. The Hall–Kier alpha value is -2.14. The van der Waals surface area contributed by atoms with Crippen LogP contribution in [0.5, 0.6) is 0 Å². The van der Waals surface area contributed by atoms with E-state index in [2.05, 4.69) is 10.3 Å². The smallest absolute Gasteiger partial charge is 0.303 e. The van der Waals surface area contributed by atoms with Crippen LogP contribution in [-0.2, 0) is 9.59 Å². The summed E-state index contributed by atoms with van der Waals surface area (Å²) in [5, 5.41) is 12.6. The fourth-order valence-electron chi connectivity index (χ4n) is 1.85. The maximum Gasteiger partial charge on any atom is 0.303 e. The van der Waals surface area contributed by atoms with Crippen LogP contribution in [-0.4, -0.2) is 22.0 Å². The van der Waals surface area contributed by atoms with Crippen LogP contribution in [0.3, 0.4) is 0 Å². The minimum absolute atomic E-state index is 0.0208. The molecule has 0 aliphatic carbocycles. The quantitative estimate of drug-likeness (QED) is 0.887. The molecule has 5 nitrogen and oxygen atoms in total. The van der Waals surface area contributed by atoms with Gasteiger partial charge in [0.2, 0.25) is 5.91 Å². The van der Waals surface area contributed by atoms with Gasteiger partial charge in [0.25, 0.3) is 0 Å². The number of aliphatic carboxylic acids is 1. The maximum absolute atomic E-state index is 11.8. The summed E-state index contributed by atoms with van der Waals surface area (Å²) in [5.74, 6) is -1.14. The van der Waals surface area contributed by atoms with E-state index in [0.717, 1.165) is 5.39 Å². The number of carboxylic acids is 1. The molecule has 2 rings (SSSR count). The lowest BCUT2D eigenvalue weighted by molar-refractivity contribution is -0.137. The summed E-state index contributed by atoms with van der Waals surface area (Å²) >= 11 is 6.07. The van der Waals surface area contributed by atoms with Crippen LogP contribution in [0.4, 0.5) is 5.69 Å². The third-order valence-corrected chi connectivity index (χ3v) is 3.11. The summed E-state index contributed by atoms with van der Waals surface area (Å²) in [6.07, 6.45) is 2.06. The summed E-state index contributed by atoms with van der Waals surface area (Å²) in [5.41, 5.74) is 1.19. The Labute approximate surface area is 120 Å². The zero-order valence-corrected chi connectivity index (χ0v) is 11.4. The molecular formula is C14H13ClN2O3. The van der Waals surface area contributed by atoms with Gasteiger partial charge >= 0.3 is 5.97 Å². The molecule has 2 aromatic rings. The predicted molar refractivity (Wildman–Crippen MR) is 76.9 cm³/mol. The number of nitrogens with zero attached hydrogens (tertiary/aromatic N) is 1. The van der Waals surface area contributed by atoms with E-state index in [9.17, 15) is 9.59 Å². The summed E-state index contributed by atoms with van der Waals surface area (Å²) in [7, 11) is 0. The number of halogens is 1. The van der Waals surface area contributed by atoms with E-state index in [0.29, 0.717) is 22.6 Å². The van der Waals surface area contributed by atoms with Crippen molar-refractivity contribution in [1.29, 1.82) is 0 Å². The number of hydrogen-bond donors (Lipinski definition) is 2. The number of carboxylic acid groups (broad SMARTS) is 1. The van der Waals surface area contributed by atoms with E-state index < -0.39 is 5.97 Å². The van der Waals surface area contributed by atoms with E-state index >= 15 is 0 Å². The number of rotatable bonds is 5. The van der Waals surface area contributed by atoms with E-state index in [-0.39, 0.29) is 18.7 Å². The van der Waals surface area contributed by atoms with Crippen LogP contribution < -0.4 is 5.32 Å². The molecule has 2 N–H and O–H groups in total. The molecule has 0 aliphatic rings. The highest BCUT2D eigenvalue weighted by Gasteiger charge is 2.09. The summed E-state index contributed by atoms with van der Waals surface area (Å²) < 4.78 is 0. The number of carbonyl (C=O) groups excluding carboxylic acids is 1. The first-order valence-corrected chi connectivity index (χ1v) is 6.50. The van der Waals surface area contributed by atoms with Gasteiger partial charge in [-0.25, -0.2) is 0 Å². The molecule has 0 saturated heterocycles. The lowest BCUT2D eigenvalue weighted by Gasteiger charge is -2.08. The van der Waals surface area contributed by atoms with Gasteiger partial charge < -0.3 is 10.4 Å². The molecule has 20 heavy (non-hydrogen) atoms. The molecule has 0 fully saturated rings. The van der Waals surface area contributed by atoms with Crippen molar-refractivity contribution < 1.29 is 14.7 Å². The molecule has 6 heteroatoms. The van der Waals surface area contributed by atoms with Crippen molar-refractivity contribution in [2.45, 2.75) is 19.3 Å². The van der Waals surface area contributed by atoms with Gasteiger partial charge in [0, 0.05) is 24.4 Å². The standard InChI is InChI=1S/C14H13ClN2O3/c15-10-6-7-11(14-9(10)3-2-8-16-14)17-12(18)4-1-5-13(19)20/h2-3,6-8H,1,4-5H2,(H,17,18)(H,19,20). The highest BCUT2D eigenvalue weighted by Crippen LogP contribution is 2.28. The first-order valence-electron chi connectivity index (χ1n) is 6.13. The van der Waals surface area contributed by atoms with Crippen LogP contribution in [0.15, 0.2) is 30.5 Å². The Kier molecular flexibility index (Phi) is 4.53. The van der Waals surface area contributed by atoms with Crippen LogP contribution in [0.25, 0.3) is 10.9 Å². The van der Waals surface area contributed by atoms with E-state index in [1.807, 2.05) is 6.07 Å². The van der Waals surface area contributed by atoms with Gasteiger partial charge in [-0.05, 0) is 30.7 Å². The number of carbonyl (C=O) groups is 2. The second-order valence-electron chi connectivity index (χ2n) is 4.29. The molecule has 1 amide bonds. The molecule has 104 valence electrons. The summed E-state index contributed by atoms with van der Waals surface area (Å²) in [6.45, 7) is 0. The molecule has 1 aromatic heterocycles. The Bertz CT molecular complexity index is 658. The van der Waals surface area contributed by atoms with Gasteiger partial charge in [-0.15, -0.1) is 0 Å². The van der Waals surface area contributed by atoms with Crippen LogP contribution in [0.1, 0.15) is 19.3 Å². The highest BCUT2D eigenvalue weighted by molar-refractivity contribution is 6.35. The lowest BCUT2D eigenvalue weighted by atomic mass is 10.1. The zero-order chi connectivity index (χ0) is 14.5. The third kappa shape index (κ3) is 3.45. The summed E-state index contributed by atoms with van der Waals surface area (Å²) in [4.78, 5) is 26.4. The number of hydrogen-bond acceptors (Lipinski definition) is 3. The molecule has 0 spiro atoms. The zero-order valence-electron chi connectivity index (χ0n) is 10.6. The Morgan fingerprint density at radius 1 is 1.25 bits per heavy atom. The molecule has 0 atom stereocenters. The van der Waals surface area contributed by atoms with Crippen molar-refractivity contribution in [2.24, 2.45) is 0 Å². The van der Waals surface area contributed by atoms with Crippen molar-refractivity contribution in [3.63, 3.8) is 0 Å². The lowest BCUT2D eigenvalue weighted by Crippen LogP contribution is -2.12. The number of pyridine rings is 1. The fourth-order valence-corrected chi connectivity index (χ4v) is 2.07. The van der Waals surface area contributed by atoms with Crippen molar-refractivity contribution in [3.8, 4) is 0 Å². The average Bonchev–Trinajstić information content (AvgIpc) is 2.42. The van der Waals surface area contributed by atoms with Crippen LogP contribution in [0, 0.1) is 0 Å². The van der Waals surface area contributed by atoms with Gasteiger partial charge in [-0.1, -0.05) is 11.6 Å². The Morgan fingerprint density at radius 2 is 2.05 bits per heavy atom. The second-order valence-corrected chi connectivity index (χ2v) is 4.70. The highest BCUT2D eigenvalue weighted by atomic mass is 35.5. The van der Waals surface area contributed by atoms with Crippen molar-refractivity contribution in [1.82, 2.24) is 4.98 Å². The molecule has 0 bridgehead atoms. The molecule has 0 radical (unpaired) electrons. The number of nitrogens with one attached hydrogen (secondary N) is 1. The van der Waals surface area contributed by atoms with Gasteiger partial charge in [0.05, 0.1) is 16.2 Å². The van der Waals surface area contributed by atoms with Crippen molar-refractivity contribution in [3.05, 3.63) is 35.5 Å². The minimum atomic E-state index is -0.906. The number of amides is 1. The third-order valence-electron chi connectivity index (χ3n) is 2.79. The molecule has 1 aromatic carbocycles. The van der Waals surface area contributed by atoms with E-state index in [4.69, 9.17) is 16.7 Å². The summed E-state index contributed by atoms with van der Waals surface area (Å²) in [6, 6.07) is 6.97. The van der Waals surface area contributed by atoms with Gasteiger partial charge in [-0.3, -0.25) is 14.6 Å². The topological polar surface area (TPSA) is 79.3 Å². The maximum atomic E-state index is 11.8. The van der Waals surface area contributed by atoms with E-state index in [1.54, 1.807) is 24.4 Å². The monoisotopic (exact) mass is 292 g/mol. The van der Waals surface area contributed by atoms with Crippen molar-refractivity contribution in [2.75, 3.05) is 5.32 Å². The number of fused-ring (bicyclic) bond motifs is 1. The average molecular weight is 293 g/mol. The largest absolute Gasteiger partial charge is 0.481 e. The fraction of sp³-hybridized carbons (Fsp3) is 0.214. The van der Waals surface area contributed by atoms with E-state index in [1.165, 1.54) is 0 Å². The molecule has 0 unspecified atom stereocenters. The molecule has 0 aliphatic heterocycles. The molecule has 0 saturated carbocycles. The van der Waals surface area contributed by atoms with Crippen LogP contribution in [0.2, 0.25) is 5.02 Å². The normalized spacial score (nSPS) is 10.4. The Balaban J connectivity index is 2.12. The number of anilines is 1. The van der Waals surface area contributed by atoms with Crippen molar-refractivity contribution >= 4 is 40.1 Å².